The van der Waals surface area contributed by atoms with Crippen LogP contribution in [0.1, 0.15) is 69.5 Å². The zero-order valence-corrected chi connectivity index (χ0v) is 24.8. The zero-order chi connectivity index (χ0) is 29.7. The van der Waals surface area contributed by atoms with Crippen LogP contribution in [0.3, 0.4) is 0 Å². The third-order valence-electron chi connectivity index (χ3n) is 7.01. The van der Waals surface area contributed by atoms with E-state index in [0.29, 0.717) is 9.75 Å². The molecule has 41 heavy (non-hydrogen) atoms. The monoisotopic (exact) mass is 596 g/mol. The van der Waals surface area contributed by atoms with Gasteiger partial charge in [-0.2, -0.15) is 0 Å². The maximum atomic E-state index is 12.6. The second-order valence-corrected chi connectivity index (χ2v) is 12.2. The van der Waals surface area contributed by atoms with Crippen LogP contribution in [0.5, 0.6) is 11.5 Å². The van der Waals surface area contributed by atoms with Gasteiger partial charge in [0.1, 0.15) is 11.5 Å². The SMILES string of the molecule is COc1cc2sc(C(=O)CCC(=O)O)cc2cc1CCCCc1cc2cc(C(=O)C[C@H](C)C(=O)O)sc2cc1OC. The lowest BCUT2D eigenvalue weighted by Crippen LogP contribution is -2.13. The van der Waals surface area contributed by atoms with Gasteiger partial charge >= 0.3 is 11.9 Å². The summed E-state index contributed by atoms with van der Waals surface area (Å²) < 4.78 is 13.1. The first-order valence-corrected chi connectivity index (χ1v) is 14.9. The molecular weight excluding hydrogens is 564 g/mol. The van der Waals surface area contributed by atoms with Crippen LogP contribution < -0.4 is 9.47 Å². The number of methoxy groups -OCH3 is 2. The van der Waals surface area contributed by atoms with Crippen LogP contribution in [0.4, 0.5) is 0 Å². The van der Waals surface area contributed by atoms with Crippen molar-refractivity contribution in [3.8, 4) is 11.5 Å². The molecule has 0 fully saturated rings. The van der Waals surface area contributed by atoms with Crippen molar-refractivity contribution >= 4 is 66.4 Å². The number of carbonyl (C=O) groups excluding carboxylic acids is 2. The number of thiophene rings is 2. The number of ether oxygens (including phenoxy) is 2. The number of unbranched alkanes of at least 4 members (excludes halogenated alkanes) is 1. The minimum atomic E-state index is -0.987. The fraction of sp³-hybridized carbons (Fsp3) is 0.355. The lowest BCUT2D eigenvalue weighted by atomic mass is 10.0. The minimum Gasteiger partial charge on any atom is -0.496 e. The Bertz CT molecular complexity index is 1610. The Labute approximate surface area is 245 Å². The van der Waals surface area contributed by atoms with Crippen LogP contribution in [0.2, 0.25) is 0 Å². The average molecular weight is 597 g/mol. The van der Waals surface area contributed by atoms with Crippen LogP contribution in [0.15, 0.2) is 36.4 Å². The number of carboxylic acids is 2. The fourth-order valence-corrected chi connectivity index (χ4v) is 6.78. The predicted octanol–water partition coefficient (Wildman–Crippen LogP) is 7.04. The van der Waals surface area contributed by atoms with E-state index in [9.17, 15) is 19.2 Å². The van der Waals surface area contributed by atoms with E-state index in [-0.39, 0.29) is 30.8 Å². The van der Waals surface area contributed by atoms with Crippen molar-refractivity contribution in [3.05, 3.63) is 57.3 Å². The van der Waals surface area contributed by atoms with Crippen LogP contribution >= 0.6 is 22.7 Å². The first-order chi connectivity index (χ1) is 19.6. The highest BCUT2D eigenvalue weighted by molar-refractivity contribution is 7.21. The molecule has 0 aliphatic heterocycles. The molecule has 2 aromatic carbocycles. The van der Waals surface area contributed by atoms with E-state index in [0.717, 1.165) is 68.5 Å². The number of carbonyl (C=O) groups is 4. The summed E-state index contributed by atoms with van der Waals surface area (Å²) in [7, 11) is 3.25. The molecule has 0 amide bonds. The van der Waals surface area contributed by atoms with E-state index in [4.69, 9.17) is 19.7 Å². The van der Waals surface area contributed by atoms with Gasteiger partial charge in [0.05, 0.1) is 36.3 Å². The molecule has 4 rings (SSSR count). The van der Waals surface area contributed by atoms with Gasteiger partial charge in [0.25, 0.3) is 0 Å². The zero-order valence-electron chi connectivity index (χ0n) is 23.2. The average Bonchev–Trinajstić information content (AvgIpc) is 3.56. The fourth-order valence-electron chi connectivity index (χ4n) is 4.72. The molecule has 0 unspecified atom stereocenters. The maximum Gasteiger partial charge on any atom is 0.306 e. The second-order valence-electron chi connectivity index (χ2n) is 10.0. The highest BCUT2D eigenvalue weighted by Gasteiger charge is 2.20. The van der Waals surface area contributed by atoms with Crippen molar-refractivity contribution in [1.82, 2.24) is 0 Å². The lowest BCUT2D eigenvalue weighted by molar-refractivity contribution is -0.141. The highest BCUT2D eigenvalue weighted by Crippen LogP contribution is 2.36. The molecule has 2 aromatic heterocycles. The summed E-state index contributed by atoms with van der Waals surface area (Å²) in [5.41, 5.74) is 2.08. The van der Waals surface area contributed by atoms with Gasteiger partial charge in [0.2, 0.25) is 0 Å². The molecule has 4 aromatic rings. The summed E-state index contributed by atoms with van der Waals surface area (Å²) >= 11 is 2.70. The van der Waals surface area contributed by atoms with E-state index in [2.05, 4.69) is 0 Å². The Morgan fingerprint density at radius 1 is 0.732 bits per heavy atom. The Morgan fingerprint density at radius 2 is 1.22 bits per heavy atom. The van der Waals surface area contributed by atoms with Crippen LogP contribution in [-0.2, 0) is 22.4 Å². The highest BCUT2D eigenvalue weighted by atomic mass is 32.1. The molecule has 0 saturated carbocycles. The third-order valence-corrected chi connectivity index (χ3v) is 9.29. The van der Waals surface area contributed by atoms with Crippen LogP contribution in [0.25, 0.3) is 20.2 Å². The molecular formula is C31H32O8S2. The molecule has 0 radical (unpaired) electrons. The van der Waals surface area contributed by atoms with Crippen LogP contribution in [-0.4, -0.2) is 47.9 Å². The number of Topliss-reactive ketones (excluding diaryl/α,β-unsaturated/α-hetero) is 2. The standard InChI is InChI=1S/C31H32O8S2/c1-17(31(36)37)10-23(33)29-14-21-12-19(25(39-3)16-27(21)41-29)7-5-4-6-18-11-20-13-28(22(32)8-9-30(34)35)40-26(20)15-24(18)38-2/h11-17H,4-10H2,1-3H3,(H,34,35)(H,36,37)/t17-/m0/s1. The van der Waals surface area contributed by atoms with Crippen molar-refractivity contribution in [3.63, 3.8) is 0 Å². The number of rotatable bonds is 15. The Hall–Kier alpha value is -3.76. The number of aliphatic carboxylic acids is 2. The summed E-state index contributed by atoms with van der Waals surface area (Å²) in [6.07, 6.45) is 3.09. The molecule has 2 heterocycles. The number of hydrogen-bond acceptors (Lipinski definition) is 8. The largest absolute Gasteiger partial charge is 0.496 e. The molecule has 216 valence electrons. The van der Waals surface area contributed by atoms with Crippen LogP contribution in [0, 0.1) is 5.92 Å². The number of aryl methyl sites for hydroxylation is 2. The minimum absolute atomic E-state index is 0.0195. The van der Waals surface area contributed by atoms with Gasteiger partial charge in [0.15, 0.2) is 11.6 Å². The first kappa shape index (κ1) is 30.2. The quantitative estimate of drug-likeness (QED) is 0.111. The normalized spacial score (nSPS) is 12.0. The molecule has 0 bridgehead atoms. The summed E-state index contributed by atoms with van der Waals surface area (Å²) in [5, 5.41) is 19.9. The molecule has 0 saturated heterocycles. The number of fused-ring (bicyclic) bond motifs is 2. The van der Waals surface area contributed by atoms with E-state index in [1.54, 1.807) is 14.2 Å². The van der Waals surface area contributed by atoms with Gasteiger partial charge in [-0.1, -0.05) is 6.92 Å². The number of ketones is 2. The van der Waals surface area contributed by atoms with Gasteiger partial charge in [-0.15, -0.1) is 22.7 Å². The number of hydrogen-bond donors (Lipinski definition) is 2. The summed E-state index contributed by atoms with van der Waals surface area (Å²) in [5.74, 6) is -1.52. The first-order valence-electron chi connectivity index (χ1n) is 13.3. The maximum absolute atomic E-state index is 12.6. The molecule has 8 nitrogen and oxygen atoms in total. The summed E-state index contributed by atoms with van der Waals surface area (Å²) in [6.45, 7) is 1.53. The topological polar surface area (TPSA) is 127 Å². The van der Waals surface area contributed by atoms with E-state index < -0.39 is 17.9 Å². The van der Waals surface area contributed by atoms with Gasteiger partial charge < -0.3 is 19.7 Å². The Kier molecular flexibility index (Phi) is 9.77. The summed E-state index contributed by atoms with van der Waals surface area (Å²) in [6, 6.07) is 11.6. The van der Waals surface area contributed by atoms with Crippen molar-refractivity contribution in [2.45, 2.75) is 51.9 Å². The predicted molar refractivity (Wildman–Crippen MR) is 160 cm³/mol. The molecule has 1 atom stereocenters. The van der Waals surface area contributed by atoms with Crippen molar-refractivity contribution < 1.29 is 38.9 Å². The molecule has 0 aliphatic rings. The molecule has 0 aliphatic carbocycles. The second kappa shape index (κ2) is 13.3. The Morgan fingerprint density at radius 3 is 1.66 bits per heavy atom. The molecule has 2 N–H and O–H groups in total. The van der Waals surface area contributed by atoms with Gasteiger partial charge in [-0.25, -0.2) is 0 Å². The van der Waals surface area contributed by atoms with Gasteiger partial charge in [-0.05, 0) is 84.0 Å². The van der Waals surface area contributed by atoms with Crippen molar-refractivity contribution in [1.29, 1.82) is 0 Å². The van der Waals surface area contributed by atoms with Gasteiger partial charge in [-0.3, -0.25) is 19.2 Å². The van der Waals surface area contributed by atoms with E-state index in [1.165, 1.54) is 29.6 Å². The smallest absolute Gasteiger partial charge is 0.306 e. The van der Waals surface area contributed by atoms with Crippen molar-refractivity contribution in [2.75, 3.05) is 14.2 Å². The third kappa shape index (κ3) is 7.31. The molecule has 10 heteroatoms. The molecule has 0 spiro atoms. The van der Waals surface area contributed by atoms with Crippen molar-refractivity contribution in [2.24, 2.45) is 5.92 Å². The summed E-state index contributed by atoms with van der Waals surface area (Å²) in [4.78, 5) is 48.1. The van der Waals surface area contributed by atoms with Gasteiger partial charge in [0, 0.05) is 22.2 Å². The number of carboxylic acid groups (broad SMARTS) is 2. The number of benzene rings is 2. The Balaban J connectivity index is 1.43. The lowest BCUT2D eigenvalue weighted by Gasteiger charge is -2.11. The van der Waals surface area contributed by atoms with E-state index in [1.807, 2.05) is 36.4 Å². The van der Waals surface area contributed by atoms with E-state index >= 15 is 0 Å².